The molecule has 2 aromatic rings. The van der Waals surface area contributed by atoms with Crippen molar-refractivity contribution in [2.75, 3.05) is 0 Å². The second-order valence-electron chi connectivity index (χ2n) is 4.96. The van der Waals surface area contributed by atoms with Gasteiger partial charge in [-0.3, -0.25) is 4.79 Å². The van der Waals surface area contributed by atoms with Crippen LogP contribution in [0.2, 0.25) is 5.02 Å². The van der Waals surface area contributed by atoms with Gasteiger partial charge in [0.05, 0.1) is 11.6 Å². The summed E-state index contributed by atoms with van der Waals surface area (Å²) in [5.41, 5.74) is 0.163. The molecule has 0 atom stereocenters. The van der Waals surface area contributed by atoms with Gasteiger partial charge >= 0.3 is 0 Å². The number of amides is 1. The molecule has 2 rings (SSSR count). The van der Waals surface area contributed by atoms with Crippen LogP contribution >= 0.6 is 11.6 Å². The third kappa shape index (κ3) is 3.99. The maximum Gasteiger partial charge on any atom is 0.262 e. The second kappa shape index (κ2) is 7.12. The number of aryl methyl sites for hydroxylation is 2. The van der Waals surface area contributed by atoms with Crippen molar-refractivity contribution in [3.8, 4) is 6.07 Å². The van der Waals surface area contributed by atoms with Gasteiger partial charge < -0.3 is 9.73 Å². The topological polar surface area (TPSA) is 66.0 Å². The van der Waals surface area contributed by atoms with Gasteiger partial charge in [0.1, 0.15) is 29.0 Å². The lowest BCUT2D eigenvalue weighted by molar-refractivity contribution is -0.117. The molecule has 118 valence electrons. The van der Waals surface area contributed by atoms with Crippen molar-refractivity contribution in [3.05, 3.63) is 63.3 Å². The molecule has 0 saturated carbocycles. The molecular formula is C17H14ClFN2O2. The first-order chi connectivity index (χ1) is 10.9. The van der Waals surface area contributed by atoms with Gasteiger partial charge in [0.15, 0.2) is 0 Å². The summed E-state index contributed by atoms with van der Waals surface area (Å²) in [7, 11) is 0. The highest BCUT2D eigenvalue weighted by Gasteiger charge is 2.14. The Kier molecular flexibility index (Phi) is 5.20. The standard InChI is InChI=1S/C17H14ClFN2O2/c1-10-3-6-15(18)14(16(10)19)7-12(8-20)17(22)21-9-13-5-4-11(2)23-13/h3-7H,9H2,1-2H3,(H,21,22)/b12-7+. The number of halogens is 2. The van der Waals surface area contributed by atoms with Crippen LogP contribution in [0.15, 0.2) is 34.3 Å². The van der Waals surface area contributed by atoms with Crippen molar-refractivity contribution >= 4 is 23.6 Å². The van der Waals surface area contributed by atoms with Gasteiger partial charge in [0, 0.05) is 5.56 Å². The molecule has 1 aromatic carbocycles. The smallest absolute Gasteiger partial charge is 0.262 e. The average molecular weight is 333 g/mol. The number of carbonyl (C=O) groups excluding carboxylic acids is 1. The number of hydrogen-bond acceptors (Lipinski definition) is 3. The lowest BCUT2D eigenvalue weighted by atomic mass is 10.1. The zero-order valence-corrected chi connectivity index (χ0v) is 13.4. The average Bonchev–Trinajstić information content (AvgIpc) is 2.94. The molecule has 1 N–H and O–H groups in total. The third-order valence-corrected chi connectivity index (χ3v) is 3.52. The number of hydrogen-bond donors (Lipinski definition) is 1. The minimum absolute atomic E-state index is 0.0206. The first kappa shape index (κ1) is 16.8. The SMILES string of the molecule is Cc1ccc(CNC(=O)/C(C#N)=C/c2c(Cl)ccc(C)c2F)o1. The summed E-state index contributed by atoms with van der Waals surface area (Å²) in [5, 5.41) is 11.8. The molecular weight excluding hydrogens is 319 g/mol. The van der Waals surface area contributed by atoms with Crippen molar-refractivity contribution in [1.82, 2.24) is 5.32 Å². The normalized spacial score (nSPS) is 11.2. The maximum atomic E-state index is 14.1. The number of carbonyl (C=O) groups is 1. The Morgan fingerprint density at radius 2 is 2.13 bits per heavy atom. The Bertz CT molecular complexity index is 818. The van der Waals surface area contributed by atoms with Gasteiger partial charge in [-0.2, -0.15) is 5.26 Å². The molecule has 0 radical (unpaired) electrons. The third-order valence-electron chi connectivity index (χ3n) is 3.19. The summed E-state index contributed by atoms with van der Waals surface area (Å²) in [6, 6.07) is 8.30. The van der Waals surface area contributed by atoms with Crippen molar-refractivity contribution in [1.29, 1.82) is 5.26 Å². The molecule has 0 fully saturated rings. The molecule has 6 heteroatoms. The Balaban J connectivity index is 2.20. The van der Waals surface area contributed by atoms with Crippen LogP contribution in [0, 0.1) is 31.0 Å². The van der Waals surface area contributed by atoms with Gasteiger partial charge in [0.2, 0.25) is 0 Å². The van der Waals surface area contributed by atoms with Crippen LogP contribution in [0.3, 0.4) is 0 Å². The van der Waals surface area contributed by atoms with Crippen LogP contribution in [-0.2, 0) is 11.3 Å². The molecule has 0 bridgehead atoms. The second-order valence-corrected chi connectivity index (χ2v) is 5.36. The largest absolute Gasteiger partial charge is 0.465 e. The Labute approximate surface area is 138 Å². The van der Waals surface area contributed by atoms with E-state index in [1.165, 1.54) is 12.1 Å². The lowest BCUT2D eigenvalue weighted by Gasteiger charge is -2.06. The number of furan rings is 1. The minimum atomic E-state index is -0.626. The van der Waals surface area contributed by atoms with Gasteiger partial charge in [-0.05, 0) is 43.7 Å². The number of nitrogens with one attached hydrogen (secondary N) is 1. The van der Waals surface area contributed by atoms with Crippen LogP contribution in [0.1, 0.15) is 22.6 Å². The quantitative estimate of drug-likeness (QED) is 0.681. The predicted molar refractivity (Wildman–Crippen MR) is 85.0 cm³/mol. The number of nitriles is 1. The van der Waals surface area contributed by atoms with E-state index in [2.05, 4.69) is 5.32 Å². The number of rotatable bonds is 4. The van der Waals surface area contributed by atoms with E-state index in [9.17, 15) is 9.18 Å². The fourth-order valence-electron chi connectivity index (χ4n) is 1.95. The molecule has 0 aliphatic rings. The van der Waals surface area contributed by atoms with Crippen LogP contribution in [0.4, 0.5) is 4.39 Å². The Morgan fingerprint density at radius 1 is 1.39 bits per heavy atom. The molecule has 0 spiro atoms. The van der Waals surface area contributed by atoms with Crippen LogP contribution in [0.5, 0.6) is 0 Å². The molecule has 4 nitrogen and oxygen atoms in total. The van der Waals surface area contributed by atoms with Crippen molar-refractivity contribution in [2.45, 2.75) is 20.4 Å². The number of nitrogens with zero attached hydrogens (tertiary/aromatic N) is 1. The fraction of sp³-hybridized carbons (Fsp3) is 0.176. The van der Waals surface area contributed by atoms with E-state index in [1.807, 2.05) is 0 Å². The van der Waals surface area contributed by atoms with Gasteiger partial charge in [-0.1, -0.05) is 17.7 Å². The van der Waals surface area contributed by atoms with Gasteiger partial charge in [-0.15, -0.1) is 0 Å². The van der Waals surface area contributed by atoms with Crippen molar-refractivity contribution < 1.29 is 13.6 Å². The van der Waals surface area contributed by atoms with E-state index in [0.29, 0.717) is 11.3 Å². The summed E-state index contributed by atoms with van der Waals surface area (Å²) < 4.78 is 19.4. The van der Waals surface area contributed by atoms with E-state index in [-0.39, 0.29) is 22.7 Å². The highest BCUT2D eigenvalue weighted by atomic mass is 35.5. The monoisotopic (exact) mass is 332 g/mol. The van der Waals surface area contributed by atoms with E-state index in [4.69, 9.17) is 21.3 Å². The summed E-state index contributed by atoms with van der Waals surface area (Å²) in [4.78, 5) is 12.1. The van der Waals surface area contributed by atoms with Crippen LogP contribution in [0.25, 0.3) is 6.08 Å². The fourth-order valence-corrected chi connectivity index (χ4v) is 2.15. The Morgan fingerprint density at radius 3 is 2.74 bits per heavy atom. The zero-order valence-electron chi connectivity index (χ0n) is 12.6. The molecule has 1 amide bonds. The lowest BCUT2D eigenvalue weighted by Crippen LogP contribution is -2.23. The van der Waals surface area contributed by atoms with Crippen LogP contribution in [-0.4, -0.2) is 5.91 Å². The molecule has 23 heavy (non-hydrogen) atoms. The number of benzene rings is 1. The molecule has 0 unspecified atom stereocenters. The van der Waals surface area contributed by atoms with E-state index >= 15 is 0 Å². The van der Waals surface area contributed by atoms with Crippen molar-refractivity contribution in [3.63, 3.8) is 0 Å². The van der Waals surface area contributed by atoms with Gasteiger partial charge in [-0.25, -0.2) is 4.39 Å². The highest BCUT2D eigenvalue weighted by Crippen LogP contribution is 2.24. The van der Waals surface area contributed by atoms with E-state index in [0.717, 1.165) is 11.8 Å². The minimum Gasteiger partial charge on any atom is -0.465 e. The van der Waals surface area contributed by atoms with E-state index < -0.39 is 11.7 Å². The highest BCUT2D eigenvalue weighted by molar-refractivity contribution is 6.32. The maximum absolute atomic E-state index is 14.1. The summed E-state index contributed by atoms with van der Waals surface area (Å²) in [5.74, 6) is 0.102. The summed E-state index contributed by atoms with van der Waals surface area (Å²) in [6.45, 7) is 3.50. The molecule has 1 heterocycles. The molecule has 1 aromatic heterocycles. The van der Waals surface area contributed by atoms with Crippen molar-refractivity contribution in [2.24, 2.45) is 0 Å². The predicted octanol–water partition coefficient (Wildman–Crippen LogP) is 3.91. The summed E-state index contributed by atoms with van der Waals surface area (Å²) >= 11 is 5.94. The van der Waals surface area contributed by atoms with E-state index in [1.54, 1.807) is 32.0 Å². The molecule has 0 aliphatic carbocycles. The summed E-state index contributed by atoms with van der Waals surface area (Å²) in [6.07, 6.45) is 1.15. The molecule has 0 saturated heterocycles. The van der Waals surface area contributed by atoms with Crippen LogP contribution < -0.4 is 5.32 Å². The first-order valence-electron chi connectivity index (χ1n) is 6.82. The first-order valence-corrected chi connectivity index (χ1v) is 7.20. The zero-order chi connectivity index (χ0) is 17.0. The van der Waals surface area contributed by atoms with Gasteiger partial charge in [0.25, 0.3) is 5.91 Å². The Hall–Kier alpha value is -2.58. The molecule has 0 aliphatic heterocycles.